The fourth-order valence-electron chi connectivity index (χ4n) is 2.29. The molecule has 6 heteroatoms. The first kappa shape index (κ1) is 14.6. The van der Waals surface area contributed by atoms with Crippen molar-refractivity contribution in [1.82, 2.24) is 14.9 Å². The molecule has 0 bridgehead atoms. The Hall–Kier alpha value is -1.85. The van der Waals surface area contributed by atoms with Crippen LogP contribution in [0.4, 0.5) is 10.6 Å². The number of likely N-dealkylation sites (tertiary alicyclic amines) is 1. The van der Waals surface area contributed by atoms with Crippen LogP contribution in [0.2, 0.25) is 0 Å². The van der Waals surface area contributed by atoms with E-state index in [-0.39, 0.29) is 12.1 Å². The van der Waals surface area contributed by atoms with Crippen LogP contribution in [-0.4, -0.2) is 33.1 Å². The number of carbonyl (C=O) groups excluding carboxylic acids is 1. The molecular formula is C14H22N4O2. The van der Waals surface area contributed by atoms with Gasteiger partial charge in [0.05, 0.1) is 6.04 Å². The number of amides is 1. The van der Waals surface area contributed by atoms with Crippen LogP contribution < -0.4 is 5.73 Å². The first-order valence-corrected chi connectivity index (χ1v) is 6.95. The van der Waals surface area contributed by atoms with Crippen LogP contribution in [0.5, 0.6) is 0 Å². The Morgan fingerprint density at radius 3 is 2.85 bits per heavy atom. The number of carbonyl (C=O) groups is 1. The van der Waals surface area contributed by atoms with E-state index in [9.17, 15) is 4.79 Å². The number of nitrogen functional groups attached to an aromatic ring is 1. The molecule has 1 saturated heterocycles. The summed E-state index contributed by atoms with van der Waals surface area (Å²) in [5.41, 5.74) is 5.20. The molecule has 6 nitrogen and oxygen atoms in total. The highest BCUT2D eigenvalue weighted by Crippen LogP contribution is 2.30. The van der Waals surface area contributed by atoms with Crippen LogP contribution in [0.1, 0.15) is 51.9 Å². The van der Waals surface area contributed by atoms with Crippen molar-refractivity contribution in [2.75, 3.05) is 12.3 Å². The molecule has 2 rings (SSSR count). The van der Waals surface area contributed by atoms with E-state index in [2.05, 4.69) is 9.97 Å². The zero-order valence-corrected chi connectivity index (χ0v) is 12.3. The summed E-state index contributed by atoms with van der Waals surface area (Å²) in [6, 6.07) is 1.49. The van der Waals surface area contributed by atoms with Crippen molar-refractivity contribution in [2.24, 2.45) is 0 Å². The molecule has 1 atom stereocenters. The van der Waals surface area contributed by atoms with Crippen molar-refractivity contribution in [1.29, 1.82) is 0 Å². The highest BCUT2D eigenvalue weighted by Gasteiger charge is 2.32. The second-order valence-corrected chi connectivity index (χ2v) is 6.03. The molecule has 0 aliphatic carbocycles. The van der Waals surface area contributed by atoms with Crippen molar-refractivity contribution in [3.05, 3.63) is 18.1 Å². The molecule has 1 aromatic heterocycles. The largest absolute Gasteiger partial charge is 0.444 e. The lowest BCUT2D eigenvalue weighted by molar-refractivity contribution is 0.00845. The maximum absolute atomic E-state index is 12.3. The molecule has 1 aromatic rings. The topological polar surface area (TPSA) is 81.3 Å². The Morgan fingerprint density at radius 2 is 2.20 bits per heavy atom. The van der Waals surface area contributed by atoms with Gasteiger partial charge in [-0.15, -0.1) is 0 Å². The smallest absolute Gasteiger partial charge is 0.410 e. The number of ether oxygens (including phenoxy) is 1. The normalized spacial score (nSPS) is 19.8. The van der Waals surface area contributed by atoms with Gasteiger partial charge in [-0.05, 0) is 46.1 Å². The van der Waals surface area contributed by atoms with Gasteiger partial charge in [-0.3, -0.25) is 4.90 Å². The zero-order valence-electron chi connectivity index (χ0n) is 12.3. The monoisotopic (exact) mass is 278 g/mol. The van der Waals surface area contributed by atoms with Crippen LogP contribution >= 0.6 is 0 Å². The summed E-state index contributed by atoms with van der Waals surface area (Å²) in [5, 5.41) is 0. The number of aromatic nitrogens is 2. The van der Waals surface area contributed by atoms with Crippen molar-refractivity contribution in [3.63, 3.8) is 0 Å². The molecule has 2 heterocycles. The molecule has 0 saturated carbocycles. The Morgan fingerprint density at radius 1 is 1.45 bits per heavy atom. The molecule has 1 fully saturated rings. The van der Waals surface area contributed by atoms with E-state index in [1.165, 1.54) is 0 Å². The molecule has 20 heavy (non-hydrogen) atoms. The SMILES string of the molecule is CC(C)(C)OC(=O)N1CCCCC1c1nccc(N)n1. The van der Waals surface area contributed by atoms with Gasteiger partial charge < -0.3 is 10.5 Å². The number of anilines is 1. The van der Waals surface area contributed by atoms with Gasteiger partial charge in [0, 0.05) is 12.7 Å². The summed E-state index contributed by atoms with van der Waals surface area (Å²) in [6.07, 6.45) is 4.16. The van der Waals surface area contributed by atoms with Gasteiger partial charge >= 0.3 is 6.09 Å². The van der Waals surface area contributed by atoms with Gasteiger partial charge in [0.2, 0.25) is 0 Å². The third-order valence-corrected chi connectivity index (χ3v) is 3.12. The minimum atomic E-state index is -0.504. The molecule has 0 spiro atoms. The van der Waals surface area contributed by atoms with E-state index in [4.69, 9.17) is 10.5 Å². The highest BCUT2D eigenvalue weighted by molar-refractivity contribution is 5.68. The van der Waals surface area contributed by atoms with Gasteiger partial charge in [0.1, 0.15) is 11.4 Å². The predicted octanol–water partition coefficient (Wildman–Crippen LogP) is 2.52. The van der Waals surface area contributed by atoms with Gasteiger partial charge in [0.25, 0.3) is 0 Å². The molecule has 1 amide bonds. The van der Waals surface area contributed by atoms with E-state index in [0.717, 1.165) is 19.3 Å². The average molecular weight is 278 g/mol. The molecular weight excluding hydrogens is 256 g/mol. The fourth-order valence-corrected chi connectivity index (χ4v) is 2.29. The molecule has 110 valence electrons. The van der Waals surface area contributed by atoms with E-state index >= 15 is 0 Å². The lowest BCUT2D eigenvalue weighted by atomic mass is 10.0. The number of piperidine rings is 1. The summed E-state index contributed by atoms with van der Waals surface area (Å²) in [5.74, 6) is 1.01. The van der Waals surface area contributed by atoms with E-state index in [1.54, 1.807) is 17.2 Å². The third-order valence-electron chi connectivity index (χ3n) is 3.12. The maximum atomic E-state index is 12.3. The Bertz CT molecular complexity index is 484. The standard InChI is InChI=1S/C14H22N4O2/c1-14(2,3)20-13(19)18-9-5-4-6-10(18)12-16-8-7-11(15)17-12/h7-8,10H,4-6,9H2,1-3H3,(H2,15,16,17). The van der Waals surface area contributed by atoms with Gasteiger partial charge in [0.15, 0.2) is 5.82 Å². The Balaban J connectivity index is 2.19. The summed E-state index contributed by atoms with van der Waals surface area (Å²) in [4.78, 5) is 22.5. The quantitative estimate of drug-likeness (QED) is 0.853. The van der Waals surface area contributed by atoms with Crippen molar-refractivity contribution >= 4 is 11.9 Å². The zero-order chi connectivity index (χ0) is 14.8. The number of nitrogens with two attached hydrogens (primary N) is 1. The number of rotatable bonds is 1. The minimum Gasteiger partial charge on any atom is -0.444 e. The van der Waals surface area contributed by atoms with Gasteiger partial charge in [-0.2, -0.15) is 0 Å². The van der Waals surface area contributed by atoms with Crippen LogP contribution in [-0.2, 0) is 4.74 Å². The Labute approximate surface area is 119 Å². The average Bonchev–Trinajstić information content (AvgIpc) is 2.37. The molecule has 0 aromatic carbocycles. The summed E-state index contributed by atoms with van der Waals surface area (Å²) < 4.78 is 5.46. The number of nitrogens with zero attached hydrogens (tertiary/aromatic N) is 3. The first-order valence-electron chi connectivity index (χ1n) is 6.95. The number of hydrogen-bond donors (Lipinski definition) is 1. The lowest BCUT2D eigenvalue weighted by Gasteiger charge is -2.35. The highest BCUT2D eigenvalue weighted by atomic mass is 16.6. The third kappa shape index (κ3) is 3.59. The van der Waals surface area contributed by atoms with Crippen LogP contribution in [0.15, 0.2) is 12.3 Å². The second kappa shape index (κ2) is 5.64. The lowest BCUT2D eigenvalue weighted by Crippen LogP contribution is -2.42. The molecule has 1 aliphatic heterocycles. The van der Waals surface area contributed by atoms with Crippen LogP contribution in [0.3, 0.4) is 0 Å². The van der Waals surface area contributed by atoms with Crippen molar-refractivity contribution in [2.45, 2.75) is 51.7 Å². The summed E-state index contributed by atoms with van der Waals surface area (Å²) >= 11 is 0. The summed E-state index contributed by atoms with van der Waals surface area (Å²) in [7, 11) is 0. The minimum absolute atomic E-state index is 0.151. The predicted molar refractivity (Wildman–Crippen MR) is 76.0 cm³/mol. The molecule has 1 unspecified atom stereocenters. The number of hydrogen-bond acceptors (Lipinski definition) is 5. The van der Waals surface area contributed by atoms with E-state index in [0.29, 0.717) is 18.2 Å². The van der Waals surface area contributed by atoms with Crippen LogP contribution in [0, 0.1) is 0 Å². The van der Waals surface area contributed by atoms with E-state index in [1.807, 2.05) is 20.8 Å². The molecule has 1 aliphatic rings. The van der Waals surface area contributed by atoms with Gasteiger partial charge in [-0.25, -0.2) is 14.8 Å². The van der Waals surface area contributed by atoms with Crippen molar-refractivity contribution in [3.8, 4) is 0 Å². The van der Waals surface area contributed by atoms with Crippen molar-refractivity contribution < 1.29 is 9.53 Å². The second-order valence-electron chi connectivity index (χ2n) is 6.03. The summed E-state index contributed by atoms with van der Waals surface area (Å²) in [6.45, 7) is 6.25. The van der Waals surface area contributed by atoms with E-state index < -0.39 is 5.60 Å². The molecule has 0 radical (unpaired) electrons. The van der Waals surface area contributed by atoms with Crippen LogP contribution in [0.25, 0.3) is 0 Å². The first-order chi connectivity index (χ1) is 9.37. The van der Waals surface area contributed by atoms with Gasteiger partial charge in [-0.1, -0.05) is 0 Å². The Kier molecular flexibility index (Phi) is 4.11. The fraction of sp³-hybridized carbons (Fsp3) is 0.643. The maximum Gasteiger partial charge on any atom is 0.410 e. The molecule has 2 N–H and O–H groups in total.